The lowest BCUT2D eigenvalue weighted by Crippen LogP contribution is -2.34. The number of carbonyl (C=O) groups is 3. The molecule has 0 radical (unpaired) electrons. The highest BCUT2D eigenvalue weighted by atomic mass is 19.1. The number of hydrogen-bond donors (Lipinski definition) is 1. The molecule has 2 aromatic carbocycles. The molecule has 0 bridgehead atoms. The Balaban J connectivity index is 1.93. The normalized spacial score (nSPS) is 11.5. The number of ether oxygens (including phenoxy) is 1. The maximum absolute atomic E-state index is 13.5. The zero-order valence-electron chi connectivity index (χ0n) is 14.8. The van der Waals surface area contributed by atoms with Crippen LogP contribution in [0, 0.1) is 19.7 Å². The quantitative estimate of drug-likeness (QED) is 0.637. The van der Waals surface area contributed by atoms with E-state index in [1.165, 1.54) is 25.1 Å². The molecule has 1 atom stereocenters. The molecular weight excluding hydrogens is 337 g/mol. The number of Topliss-reactive ketones (excluding diaryl/α,β-unsaturated/α-hetero) is 1. The molecule has 0 saturated carbocycles. The molecular formula is C20H20FNO4. The van der Waals surface area contributed by atoms with E-state index in [4.69, 9.17) is 4.74 Å². The Morgan fingerprint density at radius 1 is 1.08 bits per heavy atom. The summed E-state index contributed by atoms with van der Waals surface area (Å²) in [5.41, 5.74) is 2.03. The van der Waals surface area contributed by atoms with Gasteiger partial charge in [-0.1, -0.05) is 29.8 Å². The molecule has 1 N–H and O–H groups in total. The minimum Gasteiger partial charge on any atom is -0.453 e. The van der Waals surface area contributed by atoms with Crippen LogP contribution in [0.1, 0.15) is 38.8 Å². The molecule has 0 unspecified atom stereocenters. The molecule has 0 aliphatic heterocycles. The molecule has 2 rings (SSSR count). The van der Waals surface area contributed by atoms with Crippen LogP contribution in [-0.2, 0) is 9.53 Å². The summed E-state index contributed by atoms with van der Waals surface area (Å²) in [5, 5.41) is 2.28. The number of carbonyl (C=O) groups excluding carboxylic acids is 3. The van der Waals surface area contributed by atoms with Crippen molar-refractivity contribution in [2.75, 3.05) is 6.54 Å². The molecule has 26 heavy (non-hydrogen) atoms. The second-order valence-corrected chi connectivity index (χ2v) is 5.98. The number of rotatable bonds is 6. The minimum absolute atomic E-state index is 0.167. The Bertz CT molecular complexity index is 847. The Hall–Kier alpha value is -3.02. The van der Waals surface area contributed by atoms with E-state index < -0.39 is 30.3 Å². The lowest BCUT2D eigenvalue weighted by atomic mass is 9.99. The Morgan fingerprint density at radius 3 is 2.46 bits per heavy atom. The number of hydrogen-bond acceptors (Lipinski definition) is 4. The summed E-state index contributed by atoms with van der Waals surface area (Å²) in [6.45, 7) is 4.68. The van der Waals surface area contributed by atoms with Gasteiger partial charge >= 0.3 is 5.97 Å². The van der Waals surface area contributed by atoms with Crippen LogP contribution in [0.25, 0.3) is 0 Å². The molecule has 0 fully saturated rings. The average molecular weight is 357 g/mol. The molecule has 0 aliphatic rings. The van der Waals surface area contributed by atoms with Crippen molar-refractivity contribution < 1.29 is 23.5 Å². The van der Waals surface area contributed by atoms with Gasteiger partial charge < -0.3 is 10.1 Å². The monoisotopic (exact) mass is 357 g/mol. The third kappa shape index (κ3) is 4.75. The van der Waals surface area contributed by atoms with Crippen LogP contribution in [0.4, 0.5) is 4.39 Å². The number of aryl methyl sites for hydroxylation is 2. The predicted molar refractivity (Wildman–Crippen MR) is 94.5 cm³/mol. The van der Waals surface area contributed by atoms with Crippen LogP contribution in [0.3, 0.4) is 0 Å². The summed E-state index contributed by atoms with van der Waals surface area (Å²) >= 11 is 0. The van der Waals surface area contributed by atoms with Crippen molar-refractivity contribution in [1.29, 1.82) is 0 Å². The fraction of sp³-hybridized carbons (Fsp3) is 0.250. The van der Waals surface area contributed by atoms with Crippen molar-refractivity contribution in [1.82, 2.24) is 5.32 Å². The number of halogens is 1. The lowest BCUT2D eigenvalue weighted by Gasteiger charge is -2.14. The van der Waals surface area contributed by atoms with E-state index >= 15 is 0 Å². The molecule has 0 aromatic heterocycles. The molecule has 136 valence electrons. The maximum atomic E-state index is 13.5. The van der Waals surface area contributed by atoms with Crippen molar-refractivity contribution in [3.05, 3.63) is 70.5 Å². The van der Waals surface area contributed by atoms with Crippen LogP contribution in [-0.4, -0.2) is 30.3 Å². The summed E-state index contributed by atoms with van der Waals surface area (Å²) in [6.07, 6.45) is -0.992. The minimum atomic E-state index is -0.992. The van der Waals surface area contributed by atoms with Gasteiger partial charge in [-0.05, 0) is 44.5 Å². The number of benzene rings is 2. The van der Waals surface area contributed by atoms with E-state index in [9.17, 15) is 18.8 Å². The van der Waals surface area contributed by atoms with Crippen LogP contribution < -0.4 is 5.32 Å². The topological polar surface area (TPSA) is 72.5 Å². The van der Waals surface area contributed by atoms with Gasteiger partial charge in [-0.25, -0.2) is 4.39 Å². The Labute approximate surface area is 151 Å². The van der Waals surface area contributed by atoms with Crippen LogP contribution >= 0.6 is 0 Å². The first kappa shape index (κ1) is 19.3. The molecule has 6 heteroatoms. The summed E-state index contributed by atoms with van der Waals surface area (Å²) < 4.78 is 18.6. The first-order valence-corrected chi connectivity index (χ1v) is 8.13. The highest BCUT2D eigenvalue weighted by Gasteiger charge is 2.21. The number of esters is 1. The molecule has 1 amide bonds. The van der Waals surface area contributed by atoms with E-state index in [1.807, 2.05) is 19.1 Å². The van der Waals surface area contributed by atoms with E-state index in [2.05, 4.69) is 5.32 Å². The number of ketones is 1. The first-order chi connectivity index (χ1) is 12.3. The van der Waals surface area contributed by atoms with Crippen molar-refractivity contribution in [3.63, 3.8) is 0 Å². The Morgan fingerprint density at radius 2 is 1.77 bits per heavy atom. The standard InChI is InChI=1S/C20H20FNO4/c1-12-8-9-13(2)16(10-12)19(24)14(3)26-18(23)11-22-20(25)15-6-4-5-7-17(15)21/h4-10,14H,11H2,1-3H3,(H,22,25)/t14-/m1/s1. The van der Waals surface area contributed by atoms with Crippen LogP contribution in [0.15, 0.2) is 42.5 Å². The van der Waals surface area contributed by atoms with Gasteiger partial charge in [0.2, 0.25) is 5.78 Å². The molecule has 0 heterocycles. The second kappa shape index (κ2) is 8.38. The average Bonchev–Trinajstić information content (AvgIpc) is 2.61. The van der Waals surface area contributed by atoms with E-state index in [0.29, 0.717) is 5.56 Å². The largest absolute Gasteiger partial charge is 0.453 e. The SMILES string of the molecule is Cc1ccc(C)c(C(=O)[C@@H](C)OC(=O)CNC(=O)c2ccccc2F)c1. The molecule has 2 aromatic rings. The van der Waals surface area contributed by atoms with Gasteiger partial charge in [-0.15, -0.1) is 0 Å². The van der Waals surface area contributed by atoms with Gasteiger partial charge in [0.1, 0.15) is 12.4 Å². The smallest absolute Gasteiger partial charge is 0.326 e. The number of nitrogens with one attached hydrogen (secondary N) is 1. The van der Waals surface area contributed by atoms with Crippen molar-refractivity contribution in [2.45, 2.75) is 26.9 Å². The fourth-order valence-corrected chi connectivity index (χ4v) is 2.41. The van der Waals surface area contributed by atoms with Crippen molar-refractivity contribution in [3.8, 4) is 0 Å². The molecule has 5 nitrogen and oxygen atoms in total. The zero-order valence-corrected chi connectivity index (χ0v) is 14.8. The van der Waals surface area contributed by atoms with Crippen molar-refractivity contribution >= 4 is 17.7 Å². The van der Waals surface area contributed by atoms with Gasteiger partial charge in [-0.2, -0.15) is 0 Å². The zero-order chi connectivity index (χ0) is 19.3. The molecule has 0 spiro atoms. The van der Waals surface area contributed by atoms with E-state index in [1.54, 1.807) is 13.0 Å². The van der Waals surface area contributed by atoms with E-state index in [0.717, 1.165) is 17.2 Å². The summed E-state index contributed by atoms with van der Waals surface area (Å²) in [6, 6.07) is 10.9. The molecule has 0 aliphatic carbocycles. The third-order valence-electron chi connectivity index (χ3n) is 3.85. The predicted octanol–water partition coefficient (Wildman–Crippen LogP) is 2.99. The van der Waals surface area contributed by atoms with Gasteiger partial charge in [0.05, 0.1) is 5.56 Å². The maximum Gasteiger partial charge on any atom is 0.326 e. The van der Waals surface area contributed by atoms with Gasteiger partial charge in [0.15, 0.2) is 6.10 Å². The Kier molecular flexibility index (Phi) is 6.22. The number of amides is 1. The van der Waals surface area contributed by atoms with Crippen LogP contribution in [0.2, 0.25) is 0 Å². The lowest BCUT2D eigenvalue weighted by molar-refractivity contribution is -0.145. The fourth-order valence-electron chi connectivity index (χ4n) is 2.41. The third-order valence-corrected chi connectivity index (χ3v) is 3.85. The molecule has 0 saturated heterocycles. The first-order valence-electron chi connectivity index (χ1n) is 8.13. The summed E-state index contributed by atoms with van der Waals surface area (Å²) in [4.78, 5) is 36.2. The van der Waals surface area contributed by atoms with E-state index in [-0.39, 0.29) is 11.3 Å². The van der Waals surface area contributed by atoms with Crippen LogP contribution in [0.5, 0.6) is 0 Å². The van der Waals surface area contributed by atoms with Gasteiger partial charge in [0, 0.05) is 5.56 Å². The summed E-state index contributed by atoms with van der Waals surface area (Å²) in [7, 11) is 0. The van der Waals surface area contributed by atoms with Crippen molar-refractivity contribution in [2.24, 2.45) is 0 Å². The van der Waals surface area contributed by atoms with Gasteiger partial charge in [-0.3, -0.25) is 14.4 Å². The van der Waals surface area contributed by atoms with Gasteiger partial charge in [0.25, 0.3) is 5.91 Å². The highest BCUT2D eigenvalue weighted by molar-refractivity contribution is 6.02. The summed E-state index contributed by atoms with van der Waals surface area (Å²) in [5.74, 6) is -2.51. The highest BCUT2D eigenvalue weighted by Crippen LogP contribution is 2.14. The second-order valence-electron chi connectivity index (χ2n) is 5.98.